The van der Waals surface area contributed by atoms with Crippen LogP contribution in [0.2, 0.25) is 0 Å². The Balaban J connectivity index is 2.07. The van der Waals surface area contributed by atoms with Gasteiger partial charge in [-0.3, -0.25) is 9.67 Å². The molecule has 108 valence electrons. The Kier molecular flexibility index (Phi) is 3.25. The van der Waals surface area contributed by atoms with Gasteiger partial charge in [-0.25, -0.2) is 0 Å². The summed E-state index contributed by atoms with van der Waals surface area (Å²) in [7, 11) is 1.90. The quantitative estimate of drug-likeness (QED) is 0.772. The van der Waals surface area contributed by atoms with Crippen molar-refractivity contribution in [3.8, 4) is 0 Å². The highest BCUT2D eigenvalue weighted by atomic mass is 15.3. The highest BCUT2D eigenvalue weighted by Crippen LogP contribution is 2.32. The van der Waals surface area contributed by atoms with Crippen LogP contribution < -0.4 is 11.1 Å². The minimum absolute atomic E-state index is 0.293. The first kappa shape index (κ1) is 13.4. The lowest BCUT2D eigenvalue weighted by atomic mass is 10.1. The van der Waals surface area contributed by atoms with Gasteiger partial charge in [0.1, 0.15) is 0 Å². The standard InChI is InChI=1S/C16H19N5/c1-10(2)15-14(17)16(21(3)20-15)19-13-6-4-5-11-7-8-18-9-12(11)13/h4-10,19H,17H2,1-3H3. The van der Waals surface area contributed by atoms with Crippen LogP contribution in [0.4, 0.5) is 17.2 Å². The van der Waals surface area contributed by atoms with E-state index in [1.54, 1.807) is 10.9 Å². The molecule has 5 nitrogen and oxygen atoms in total. The Morgan fingerprint density at radius 2 is 2.05 bits per heavy atom. The second kappa shape index (κ2) is 5.09. The second-order valence-corrected chi connectivity index (χ2v) is 5.45. The van der Waals surface area contributed by atoms with E-state index in [1.165, 1.54) is 0 Å². The van der Waals surface area contributed by atoms with Crippen LogP contribution in [0.3, 0.4) is 0 Å². The molecule has 3 aromatic rings. The number of nitrogen functional groups attached to an aromatic ring is 1. The Labute approximate surface area is 123 Å². The van der Waals surface area contributed by atoms with Crippen LogP contribution in [0.1, 0.15) is 25.5 Å². The van der Waals surface area contributed by atoms with Gasteiger partial charge in [-0.15, -0.1) is 0 Å². The van der Waals surface area contributed by atoms with Gasteiger partial charge in [0.25, 0.3) is 0 Å². The van der Waals surface area contributed by atoms with E-state index in [-0.39, 0.29) is 0 Å². The number of anilines is 3. The molecule has 0 aliphatic rings. The van der Waals surface area contributed by atoms with E-state index in [1.807, 2.05) is 31.4 Å². The highest BCUT2D eigenvalue weighted by molar-refractivity contribution is 5.95. The average molecular weight is 281 g/mol. The maximum Gasteiger partial charge on any atom is 0.152 e. The molecule has 2 heterocycles. The van der Waals surface area contributed by atoms with Crippen molar-refractivity contribution in [2.45, 2.75) is 19.8 Å². The van der Waals surface area contributed by atoms with Gasteiger partial charge in [-0.2, -0.15) is 5.10 Å². The number of fused-ring (bicyclic) bond motifs is 1. The first-order valence-corrected chi connectivity index (χ1v) is 7.00. The summed E-state index contributed by atoms with van der Waals surface area (Å²) in [4.78, 5) is 4.20. The van der Waals surface area contributed by atoms with Crippen LogP contribution in [0.5, 0.6) is 0 Å². The lowest BCUT2D eigenvalue weighted by Gasteiger charge is -2.10. The van der Waals surface area contributed by atoms with E-state index in [0.717, 1.165) is 28.0 Å². The summed E-state index contributed by atoms with van der Waals surface area (Å²) < 4.78 is 1.79. The molecule has 0 bridgehead atoms. The van der Waals surface area contributed by atoms with Crippen molar-refractivity contribution in [3.63, 3.8) is 0 Å². The number of hydrogen-bond donors (Lipinski definition) is 2. The molecule has 1 aromatic carbocycles. The van der Waals surface area contributed by atoms with E-state index in [2.05, 4.69) is 35.3 Å². The molecule has 2 aromatic heterocycles. The number of aryl methyl sites for hydroxylation is 1. The molecule has 0 amide bonds. The normalized spacial score (nSPS) is 11.2. The summed E-state index contributed by atoms with van der Waals surface area (Å²) in [6.07, 6.45) is 3.65. The fraction of sp³-hybridized carbons (Fsp3) is 0.250. The molecule has 3 rings (SSSR count). The summed E-state index contributed by atoms with van der Waals surface area (Å²) in [6, 6.07) is 8.09. The third-order valence-electron chi connectivity index (χ3n) is 3.60. The van der Waals surface area contributed by atoms with Crippen molar-refractivity contribution >= 4 is 28.0 Å². The largest absolute Gasteiger partial charge is 0.394 e. The van der Waals surface area contributed by atoms with Crippen molar-refractivity contribution in [1.29, 1.82) is 0 Å². The minimum Gasteiger partial charge on any atom is -0.394 e. The molecule has 0 saturated carbocycles. The minimum atomic E-state index is 0.293. The fourth-order valence-electron chi connectivity index (χ4n) is 2.49. The Morgan fingerprint density at radius 1 is 1.24 bits per heavy atom. The number of nitrogens with one attached hydrogen (secondary N) is 1. The number of pyridine rings is 1. The summed E-state index contributed by atoms with van der Waals surface area (Å²) in [5, 5.41) is 10.1. The zero-order chi connectivity index (χ0) is 15.0. The molecule has 0 fully saturated rings. The molecular formula is C16H19N5. The first-order valence-electron chi connectivity index (χ1n) is 7.00. The van der Waals surface area contributed by atoms with Gasteiger partial charge in [0.15, 0.2) is 5.82 Å². The Bertz CT molecular complexity index is 783. The van der Waals surface area contributed by atoms with Gasteiger partial charge < -0.3 is 11.1 Å². The average Bonchev–Trinajstić information content (AvgIpc) is 2.76. The van der Waals surface area contributed by atoms with Gasteiger partial charge in [0.2, 0.25) is 0 Å². The van der Waals surface area contributed by atoms with Crippen molar-refractivity contribution in [3.05, 3.63) is 42.4 Å². The molecule has 3 N–H and O–H groups in total. The van der Waals surface area contributed by atoms with E-state index >= 15 is 0 Å². The zero-order valence-electron chi connectivity index (χ0n) is 12.5. The molecule has 0 aliphatic carbocycles. The summed E-state index contributed by atoms with van der Waals surface area (Å²) in [5.74, 6) is 1.11. The van der Waals surface area contributed by atoms with Crippen LogP contribution in [0.25, 0.3) is 10.8 Å². The monoisotopic (exact) mass is 281 g/mol. The lowest BCUT2D eigenvalue weighted by Crippen LogP contribution is -2.01. The zero-order valence-corrected chi connectivity index (χ0v) is 12.5. The topological polar surface area (TPSA) is 68.8 Å². The lowest BCUT2D eigenvalue weighted by molar-refractivity contribution is 0.718. The molecule has 0 unspecified atom stereocenters. The van der Waals surface area contributed by atoms with Crippen LogP contribution in [-0.4, -0.2) is 14.8 Å². The number of hydrogen-bond acceptors (Lipinski definition) is 4. The van der Waals surface area contributed by atoms with E-state index in [0.29, 0.717) is 11.6 Å². The van der Waals surface area contributed by atoms with E-state index < -0.39 is 0 Å². The summed E-state index contributed by atoms with van der Waals surface area (Å²) in [5.41, 5.74) is 8.83. The number of rotatable bonds is 3. The Morgan fingerprint density at radius 3 is 2.76 bits per heavy atom. The van der Waals surface area contributed by atoms with Crippen molar-refractivity contribution < 1.29 is 0 Å². The number of benzene rings is 1. The number of nitrogens with zero attached hydrogens (tertiary/aromatic N) is 3. The molecular weight excluding hydrogens is 262 g/mol. The third-order valence-corrected chi connectivity index (χ3v) is 3.60. The molecule has 0 spiro atoms. The summed E-state index contributed by atoms with van der Waals surface area (Å²) >= 11 is 0. The number of aromatic nitrogens is 3. The third kappa shape index (κ3) is 2.31. The molecule has 5 heteroatoms. The van der Waals surface area contributed by atoms with Gasteiger partial charge in [-0.05, 0) is 23.4 Å². The van der Waals surface area contributed by atoms with Crippen LogP contribution in [0.15, 0.2) is 36.7 Å². The van der Waals surface area contributed by atoms with Crippen molar-refractivity contribution in [2.24, 2.45) is 7.05 Å². The maximum atomic E-state index is 6.24. The van der Waals surface area contributed by atoms with Gasteiger partial charge >= 0.3 is 0 Å². The second-order valence-electron chi connectivity index (χ2n) is 5.45. The predicted octanol–water partition coefficient (Wildman–Crippen LogP) is 3.42. The predicted molar refractivity (Wildman–Crippen MR) is 86.7 cm³/mol. The molecule has 0 saturated heterocycles. The Hall–Kier alpha value is -2.56. The smallest absolute Gasteiger partial charge is 0.152 e. The van der Waals surface area contributed by atoms with Crippen molar-refractivity contribution in [2.75, 3.05) is 11.1 Å². The van der Waals surface area contributed by atoms with Crippen LogP contribution >= 0.6 is 0 Å². The molecule has 0 aliphatic heterocycles. The van der Waals surface area contributed by atoms with Crippen LogP contribution in [-0.2, 0) is 7.05 Å². The summed E-state index contributed by atoms with van der Waals surface area (Å²) in [6.45, 7) is 4.18. The molecule has 0 atom stereocenters. The van der Waals surface area contributed by atoms with E-state index in [4.69, 9.17) is 5.73 Å². The van der Waals surface area contributed by atoms with E-state index in [9.17, 15) is 0 Å². The number of nitrogens with two attached hydrogens (primary N) is 1. The fourth-order valence-corrected chi connectivity index (χ4v) is 2.49. The maximum absolute atomic E-state index is 6.24. The van der Waals surface area contributed by atoms with Gasteiger partial charge in [-0.1, -0.05) is 26.0 Å². The SMILES string of the molecule is CC(C)c1nn(C)c(Nc2cccc3ccncc23)c1N. The first-order chi connectivity index (χ1) is 10.1. The van der Waals surface area contributed by atoms with Crippen LogP contribution in [0, 0.1) is 0 Å². The molecule has 21 heavy (non-hydrogen) atoms. The molecule has 0 radical (unpaired) electrons. The highest BCUT2D eigenvalue weighted by Gasteiger charge is 2.16. The van der Waals surface area contributed by atoms with Gasteiger partial charge in [0, 0.05) is 30.5 Å². The van der Waals surface area contributed by atoms with Gasteiger partial charge in [0.05, 0.1) is 11.4 Å². The van der Waals surface area contributed by atoms with Crippen molar-refractivity contribution in [1.82, 2.24) is 14.8 Å².